The van der Waals surface area contributed by atoms with Gasteiger partial charge in [0, 0.05) is 35.5 Å². The number of benzene rings is 2. The van der Waals surface area contributed by atoms with Gasteiger partial charge in [-0.15, -0.1) is 0 Å². The summed E-state index contributed by atoms with van der Waals surface area (Å²) in [6, 6.07) is 20.5. The number of nitrogens with zero attached hydrogens (tertiary/aromatic N) is 1. The molecule has 2 aromatic carbocycles. The fraction of sp³-hybridized carbons (Fsp3) is 0.471. The first-order valence-corrected chi connectivity index (χ1v) is 14.5. The summed E-state index contributed by atoms with van der Waals surface area (Å²) in [7, 11) is 1.43. The molecule has 0 atom stereocenters. The minimum atomic E-state index is -0.239. The van der Waals surface area contributed by atoms with Gasteiger partial charge in [-0.25, -0.2) is 0 Å². The smallest absolute Gasteiger partial charge is 0.305 e. The van der Waals surface area contributed by atoms with Gasteiger partial charge in [-0.2, -0.15) is 0 Å². The number of unbranched alkanes of at least 4 members (excludes halogenated alkanes) is 8. The minimum Gasteiger partial charge on any atom is -0.469 e. The molecule has 0 aliphatic carbocycles. The van der Waals surface area contributed by atoms with Crippen LogP contribution in [0.1, 0.15) is 105 Å². The molecule has 204 valence electrons. The molecule has 4 heteroatoms. The molecule has 0 saturated carbocycles. The normalized spacial score (nSPS) is 11.0. The number of hydrogen-bond donors (Lipinski definition) is 0. The third-order valence-corrected chi connectivity index (χ3v) is 7.46. The number of rotatable bonds is 17. The van der Waals surface area contributed by atoms with Gasteiger partial charge in [0.2, 0.25) is 0 Å². The van der Waals surface area contributed by atoms with Crippen LogP contribution in [0.4, 0.5) is 0 Å². The molecule has 0 spiro atoms. The Morgan fingerprint density at radius 3 is 1.95 bits per heavy atom. The van der Waals surface area contributed by atoms with Crippen molar-refractivity contribution in [2.24, 2.45) is 0 Å². The van der Waals surface area contributed by atoms with E-state index in [1.54, 1.807) is 0 Å². The number of methoxy groups -OCH3 is 1. The molecule has 0 N–H and O–H groups in total. The summed E-state index contributed by atoms with van der Waals surface area (Å²) in [5.41, 5.74) is 5.99. The van der Waals surface area contributed by atoms with E-state index in [1.807, 2.05) is 36.4 Å². The lowest BCUT2D eigenvalue weighted by molar-refractivity contribution is -0.140. The van der Waals surface area contributed by atoms with Gasteiger partial charge in [0.15, 0.2) is 5.78 Å². The Balaban J connectivity index is 1.85. The summed E-state index contributed by atoms with van der Waals surface area (Å²) in [6.45, 7) is 4.97. The molecular weight excluding hydrogens is 470 g/mol. The Morgan fingerprint density at radius 2 is 1.34 bits per heavy atom. The number of esters is 1. The number of carbonyl (C=O) groups excluding carboxylic acids is 2. The zero-order chi connectivity index (χ0) is 27.2. The van der Waals surface area contributed by atoms with E-state index in [0.29, 0.717) is 19.4 Å². The lowest BCUT2D eigenvalue weighted by Crippen LogP contribution is -2.10. The zero-order valence-electron chi connectivity index (χ0n) is 23.6. The van der Waals surface area contributed by atoms with Crippen molar-refractivity contribution in [2.45, 2.75) is 97.4 Å². The number of Topliss-reactive ketones (excluding diaryl/α,β-unsaturated/α-hetero) is 1. The van der Waals surface area contributed by atoms with Crippen molar-refractivity contribution in [3.05, 3.63) is 83.2 Å². The average molecular weight is 516 g/mol. The second-order valence-corrected chi connectivity index (χ2v) is 10.3. The molecule has 4 nitrogen and oxygen atoms in total. The Labute approximate surface area is 229 Å². The van der Waals surface area contributed by atoms with E-state index in [0.717, 1.165) is 40.9 Å². The molecule has 1 aromatic heterocycles. The fourth-order valence-electron chi connectivity index (χ4n) is 5.34. The number of aromatic nitrogens is 1. The Bertz CT molecular complexity index is 1130. The van der Waals surface area contributed by atoms with Crippen molar-refractivity contribution in [3.8, 4) is 11.1 Å². The van der Waals surface area contributed by atoms with E-state index < -0.39 is 0 Å². The largest absolute Gasteiger partial charge is 0.469 e. The first-order valence-electron chi connectivity index (χ1n) is 14.5. The van der Waals surface area contributed by atoms with Crippen molar-refractivity contribution in [1.29, 1.82) is 0 Å². The third-order valence-electron chi connectivity index (χ3n) is 7.46. The summed E-state index contributed by atoms with van der Waals surface area (Å²) in [6.07, 6.45) is 12.4. The third kappa shape index (κ3) is 8.44. The maximum atomic E-state index is 13.8. The Morgan fingerprint density at radius 1 is 0.763 bits per heavy atom. The zero-order valence-corrected chi connectivity index (χ0v) is 23.6. The van der Waals surface area contributed by atoms with Gasteiger partial charge < -0.3 is 9.30 Å². The molecule has 0 fully saturated rings. The molecule has 0 bridgehead atoms. The molecule has 38 heavy (non-hydrogen) atoms. The number of ketones is 1. The Hall–Kier alpha value is -3.14. The second-order valence-electron chi connectivity index (χ2n) is 10.3. The van der Waals surface area contributed by atoms with Gasteiger partial charge in [-0.05, 0) is 30.9 Å². The van der Waals surface area contributed by atoms with E-state index in [9.17, 15) is 9.59 Å². The summed E-state index contributed by atoms with van der Waals surface area (Å²) >= 11 is 0. The number of ether oxygens (including phenoxy) is 1. The van der Waals surface area contributed by atoms with Crippen LogP contribution in [-0.4, -0.2) is 23.4 Å². The highest BCUT2D eigenvalue weighted by atomic mass is 16.5. The molecule has 0 unspecified atom stereocenters. The van der Waals surface area contributed by atoms with Crippen molar-refractivity contribution in [2.75, 3.05) is 7.11 Å². The van der Waals surface area contributed by atoms with Gasteiger partial charge in [-0.1, -0.05) is 119 Å². The van der Waals surface area contributed by atoms with Crippen LogP contribution >= 0.6 is 0 Å². The maximum absolute atomic E-state index is 13.8. The van der Waals surface area contributed by atoms with Gasteiger partial charge >= 0.3 is 5.97 Å². The molecule has 0 aliphatic rings. The SMILES string of the molecule is CCCCCCCCCCCC(=O)c1c(-c2ccccc2)c(CCC(=O)OC)n(Cc2ccccc2)c1C. The lowest BCUT2D eigenvalue weighted by atomic mass is 9.94. The van der Waals surface area contributed by atoms with E-state index >= 15 is 0 Å². The predicted octanol–water partition coefficient (Wildman–Crippen LogP) is 8.72. The average Bonchev–Trinajstić information content (AvgIpc) is 3.22. The molecular formula is C34H45NO3. The summed E-state index contributed by atoms with van der Waals surface area (Å²) in [5.74, 6) is -0.0351. The maximum Gasteiger partial charge on any atom is 0.305 e. The molecule has 0 amide bonds. The van der Waals surface area contributed by atoms with Gasteiger partial charge in [0.05, 0.1) is 13.5 Å². The van der Waals surface area contributed by atoms with Crippen LogP contribution in [0.2, 0.25) is 0 Å². The van der Waals surface area contributed by atoms with Crippen molar-refractivity contribution < 1.29 is 14.3 Å². The highest BCUT2D eigenvalue weighted by molar-refractivity contribution is 6.04. The summed E-state index contributed by atoms with van der Waals surface area (Å²) < 4.78 is 7.20. The topological polar surface area (TPSA) is 48.3 Å². The van der Waals surface area contributed by atoms with Crippen LogP contribution in [0.15, 0.2) is 60.7 Å². The monoisotopic (exact) mass is 515 g/mol. The van der Waals surface area contributed by atoms with E-state index in [2.05, 4.69) is 42.7 Å². The predicted molar refractivity (Wildman–Crippen MR) is 157 cm³/mol. The molecule has 0 aliphatic heterocycles. The van der Waals surface area contributed by atoms with Crippen molar-refractivity contribution in [3.63, 3.8) is 0 Å². The van der Waals surface area contributed by atoms with E-state index in [-0.39, 0.29) is 18.2 Å². The van der Waals surface area contributed by atoms with Crippen LogP contribution in [-0.2, 0) is 22.5 Å². The molecule has 3 rings (SSSR count). The fourth-order valence-corrected chi connectivity index (χ4v) is 5.34. The number of hydrogen-bond acceptors (Lipinski definition) is 3. The van der Waals surface area contributed by atoms with Crippen LogP contribution in [0.5, 0.6) is 0 Å². The molecule has 3 aromatic rings. The minimum absolute atomic E-state index is 0.204. The van der Waals surface area contributed by atoms with Crippen LogP contribution in [0.3, 0.4) is 0 Å². The quantitative estimate of drug-likeness (QED) is 0.103. The van der Waals surface area contributed by atoms with E-state index in [1.165, 1.54) is 57.6 Å². The highest BCUT2D eigenvalue weighted by Crippen LogP contribution is 2.35. The van der Waals surface area contributed by atoms with Gasteiger partial charge in [0.25, 0.3) is 0 Å². The summed E-state index contributed by atoms with van der Waals surface area (Å²) in [4.78, 5) is 25.9. The molecule has 0 saturated heterocycles. The van der Waals surface area contributed by atoms with Crippen LogP contribution in [0, 0.1) is 6.92 Å². The van der Waals surface area contributed by atoms with Gasteiger partial charge in [-0.3, -0.25) is 9.59 Å². The standard InChI is InChI=1S/C34H45NO3/c1-4-5-6-7-8-9-10-11-18-23-31(36)33-27(2)35(26-28-19-14-12-15-20-28)30(24-25-32(37)38-3)34(33)29-21-16-13-17-22-29/h12-17,19-22H,4-11,18,23-26H2,1-3H3. The van der Waals surface area contributed by atoms with Crippen LogP contribution in [0.25, 0.3) is 11.1 Å². The van der Waals surface area contributed by atoms with Crippen molar-refractivity contribution in [1.82, 2.24) is 4.57 Å². The van der Waals surface area contributed by atoms with E-state index in [4.69, 9.17) is 4.74 Å². The first kappa shape index (κ1) is 29.4. The first-order chi connectivity index (χ1) is 18.6. The number of carbonyl (C=O) groups is 2. The van der Waals surface area contributed by atoms with Crippen molar-refractivity contribution >= 4 is 11.8 Å². The summed E-state index contributed by atoms with van der Waals surface area (Å²) in [5, 5.41) is 0. The highest BCUT2D eigenvalue weighted by Gasteiger charge is 2.26. The second kappa shape index (κ2) is 16.0. The molecule has 1 heterocycles. The molecule has 0 radical (unpaired) electrons. The Kier molecular flexibility index (Phi) is 12.4. The van der Waals surface area contributed by atoms with Crippen LogP contribution < -0.4 is 0 Å². The lowest BCUT2D eigenvalue weighted by Gasteiger charge is -2.13. The van der Waals surface area contributed by atoms with Gasteiger partial charge in [0.1, 0.15) is 0 Å².